The monoisotopic (exact) mass is 251 g/mol. The topological polar surface area (TPSA) is 76.2 Å². The van der Waals surface area contributed by atoms with Crippen molar-refractivity contribution in [1.29, 1.82) is 0 Å². The van der Waals surface area contributed by atoms with Crippen molar-refractivity contribution in [1.82, 2.24) is 20.0 Å². The van der Waals surface area contributed by atoms with Crippen LogP contribution in [0.25, 0.3) is 0 Å². The van der Waals surface area contributed by atoms with E-state index in [0.717, 1.165) is 38.9 Å². The second-order valence-corrected chi connectivity index (χ2v) is 4.83. The molecule has 0 aromatic carbocycles. The molecule has 2 amide bonds. The summed E-state index contributed by atoms with van der Waals surface area (Å²) in [7, 11) is 1.93. The standard InChI is InChI=1S/C12H21N5O/c1-16-9-10(8-15-16)2-5-14-11-3-6-17(7-4-11)12(13)18/h8-9,11,14H,2-7H2,1H3,(H2,13,18). The predicted molar refractivity (Wildman–Crippen MR) is 69.1 cm³/mol. The maximum absolute atomic E-state index is 11.0. The number of amides is 2. The van der Waals surface area contributed by atoms with E-state index in [0.29, 0.717) is 6.04 Å². The number of piperidine rings is 1. The lowest BCUT2D eigenvalue weighted by Gasteiger charge is -2.31. The number of aryl methyl sites for hydroxylation is 1. The number of likely N-dealkylation sites (tertiary alicyclic amines) is 1. The molecule has 100 valence electrons. The van der Waals surface area contributed by atoms with Gasteiger partial charge in [-0.1, -0.05) is 0 Å². The van der Waals surface area contributed by atoms with E-state index in [-0.39, 0.29) is 6.03 Å². The Morgan fingerprint density at radius 3 is 2.83 bits per heavy atom. The van der Waals surface area contributed by atoms with Gasteiger partial charge >= 0.3 is 6.03 Å². The molecule has 1 fully saturated rings. The van der Waals surface area contributed by atoms with Crippen LogP contribution in [0, 0.1) is 0 Å². The van der Waals surface area contributed by atoms with Crippen LogP contribution in [0.1, 0.15) is 18.4 Å². The first kappa shape index (κ1) is 12.9. The second-order valence-electron chi connectivity index (χ2n) is 4.83. The van der Waals surface area contributed by atoms with Crippen molar-refractivity contribution < 1.29 is 4.79 Å². The van der Waals surface area contributed by atoms with Gasteiger partial charge in [-0.15, -0.1) is 0 Å². The molecule has 6 heteroatoms. The minimum Gasteiger partial charge on any atom is -0.351 e. The number of hydrogen-bond acceptors (Lipinski definition) is 3. The Labute approximate surface area is 107 Å². The Morgan fingerprint density at radius 2 is 2.28 bits per heavy atom. The van der Waals surface area contributed by atoms with Crippen LogP contribution in [0.2, 0.25) is 0 Å². The third-order valence-electron chi connectivity index (χ3n) is 3.41. The highest BCUT2D eigenvalue weighted by atomic mass is 16.2. The largest absolute Gasteiger partial charge is 0.351 e. The second kappa shape index (κ2) is 5.86. The van der Waals surface area contributed by atoms with Crippen molar-refractivity contribution in [2.75, 3.05) is 19.6 Å². The van der Waals surface area contributed by atoms with E-state index < -0.39 is 0 Å². The number of nitrogens with zero attached hydrogens (tertiary/aromatic N) is 3. The fourth-order valence-electron chi connectivity index (χ4n) is 2.33. The van der Waals surface area contributed by atoms with Gasteiger partial charge in [-0.05, 0) is 31.4 Å². The smallest absolute Gasteiger partial charge is 0.314 e. The fourth-order valence-corrected chi connectivity index (χ4v) is 2.33. The summed E-state index contributed by atoms with van der Waals surface area (Å²) < 4.78 is 1.82. The lowest BCUT2D eigenvalue weighted by atomic mass is 10.1. The quantitative estimate of drug-likeness (QED) is 0.796. The first-order chi connectivity index (χ1) is 8.65. The molecule has 0 spiro atoms. The summed E-state index contributed by atoms with van der Waals surface area (Å²) in [6.45, 7) is 2.48. The molecule has 18 heavy (non-hydrogen) atoms. The summed E-state index contributed by atoms with van der Waals surface area (Å²) in [5.41, 5.74) is 6.50. The van der Waals surface area contributed by atoms with Gasteiger partial charge in [0.1, 0.15) is 0 Å². The molecule has 0 bridgehead atoms. The lowest BCUT2D eigenvalue weighted by Crippen LogP contribution is -2.47. The van der Waals surface area contributed by atoms with Gasteiger partial charge in [-0.3, -0.25) is 4.68 Å². The van der Waals surface area contributed by atoms with Gasteiger partial charge in [-0.25, -0.2) is 4.79 Å². The molecule has 6 nitrogen and oxygen atoms in total. The molecule has 0 aliphatic carbocycles. The van der Waals surface area contributed by atoms with Crippen molar-refractivity contribution in [2.24, 2.45) is 12.8 Å². The average molecular weight is 251 g/mol. The minimum atomic E-state index is -0.302. The van der Waals surface area contributed by atoms with E-state index in [1.54, 1.807) is 4.90 Å². The molecular weight excluding hydrogens is 230 g/mol. The number of urea groups is 1. The number of nitrogens with two attached hydrogens (primary N) is 1. The first-order valence-electron chi connectivity index (χ1n) is 6.40. The Kier molecular flexibility index (Phi) is 4.19. The van der Waals surface area contributed by atoms with Gasteiger partial charge < -0.3 is 16.0 Å². The van der Waals surface area contributed by atoms with Crippen molar-refractivity contribution in [2.45, 2.75) is 25.3 Å². The van der Waals surface area contributed by atoms with Crippen LogP contribution in [0.15, 0.2) is 12.4 Å². The SMILES string of the molecule is Cn1cc(CCNC2CCN(C(N)=O)CC2)cn1. The number of carbonyl (C=O) groups excluding carboxylic acids is 1. The number of hydrogen-bond donors (Lipinski definition) is 2. The summed E-state index contributed by atoms with van der Waals surface area (Å²) in [6, 6.07) is 0.195. The van der Waals surface area contributed by atoms with Crippen molar-refractivity contribution >= 4 is 6.03 Å². The molecule has 3 N–H and O–H groups in total. The third kappa shape index (κ3) is 3.46. The maximum Gasteiger partial charge on any atom is 0.314 e. The Morgan fingerprint density at radius 1 is 1.56 bits per heavy atom. The highest BCUT2D eigenvalue weighted by molar-refractivity contribution is 5.72. The zero-order valence-electron chi connectivity index (χ0n) is 10.8. The third-order valence-corrected chi connectivity index (χ3v) is 3.41. The zero-order chi connectivity index (χ0) is 13.0. The molecule has 2 heterocycles. The highest BCUT2D eigenvalue weighted by Crippen LogP contribution is 2.09. The van der Waals surface area contributed by atoms with Crippen LogP contribution in [-0.4, -0.2) is 46.4 Å². The normalized spacial score (nSPS) is 17.1. The lowest BCUT2D eigenvalue weighted by molar-refractivity contribution is 0.185. The molecule has 2 rings (SSSR count). The predicted octanol–water partition coefficient (Wildman–Crippen LogP) is 0.0953. The summed E-state index contributed by atoms with van der Waals surface area (Å²) in [6.07, 6.45) is 6.89. The maximum atomic E-state index is 11.0. The van der Waals surface area contributed by atoms with E-state index in [9.17, 15) is 4.79 Å². The van der Waals surface area contributed by atoms with E-state index in [1.165, 1.54) is 5.56 Å². The highest BCUT2D eigenvalue weighted by Gasteiger charge is 2.20. The van der Waals surface area contributed by atoms with Crippen LogP contribution >= 0.6 is 0 Å². The summed E-state index contributed by atoms with van der Waals surface area (Å²) >= 11 is 0. The average Bonchev–Trinajstić information content (AvgIpc) is 2.76. The molecular formula is C12H21N5O. The van der Waals surface area contributed by atoms with Crippen molar-refractivity contribution in [3.63, 3.8) is 0 Å². The molecule has 1 aliphatic heterocycles. The van der Waals surface area contributed by atoms with E-state index in [4.69, 9.17) is 5.73 Å². The number of aromatic nitrogens is 2. The van der Waals surface area contributed by atoms with Gasteiger partial charge in [0.15, 0.2) is 0 Å². The van der Waals surface area contributed by atoms with Crippen molar-refractivity contribution in [3.8, 4) is 0 Å². The Hall–Kier alpha value is -1.56. The summed E-state index contributed by atoms with van der Waals surface area (Å²) in [5, 5.41) is 7.67. The number of rotatable bonds is 4. The molecule has 1 aromatic rings. The zero-order valence-corrected chi connectivity index (χ0v) is 10.8. The molecule has 1 aliphatic rings. The molecule has 1 saturated heterocycles. The van der Waals surface area contributed by atoms with Gasteiger partial charge in [-0.2, -0.15) is 5.10 Å². The van der Waals surface area contributed by atoms with Gasteiger partial charge in [0.25, 0.3) is 0 Å². The van der Waals surface area contributed by atoms with Gasteiger partial charge in [0, 0.05) is 32.4 Å². The molecule has 0 unspecified atom stereocenters. The number of primary amides is 1. The van der Waals surface area contributed by atoms with E-state index in [1.807, 2.05) is 24.1 Å². The molecule has 0 saturated carbocycles. The fraction of sp³-hybridized carbons (Fsp3) is 0.667. The van der Waals surface area contributed by atoms with Crippen LogP contribution in [0.5, 0.6) is 0 Å². The molecule has 0 atom stereocenters. The van der Waals surface area contributed by atoms with Crippen LogP contribution < -0.4 is 11.1 Å². The molecule has 1 aromatic heterocycles. The first-order valence-corrected chi connectivity index (χ1v) is 6.40. The Balaban J connectivity index is 1.65. The summed E-state index contributed by atoms with van der Waals surface area (Å²) in [4.78, 5) is 12.7. The van der Waals surface area contributed by atoms with Gasteiger partial charge in [0.2, 0.25) is 0 Å². The van der Waals surface area contributed by atoms with Crippen LogP contribution in [0.3, 0.4) is 0 Å². The van der Waals surface area contributed by atoms with Crippen LogP contribution in [0.4, 0.5) is 4.79 Å². The Bertz CT molecular complexity index is 395. The number of nitrogens with one attached hydrogen (secondary N) is 1. The summed E-state index contributed by atoms with van der Waals surface area (Å²) in [5.74, 6) is 0. The van der Waals surface area contributed by atoms with E-state index in [2.05, 4.69) is 10.4 Å². The van der Waals surface area contributed by atoms with Gasteiger partial charge in [0.05, 0.1) is 6.20 Å². The number of carbonyl (C=O) groups is 1. The minimum absolute atomic E-state index is 0.302. The van der Waals surface area contributed by atoms with Crippen LogP contribution in [-0.2, 0) is 13.5 Å². The molecule has 0 radical (unpaired) electrons. The van der Waals surface area contributed by atoms with E-state index >= 15 is 0 Å². The van der Waals surface area contributed by atoms with Crippen molar-refractivity contribution in [3.05, 3.63) is 18.0 Å².